The van der Waals surface area contributed by atoms with Crippen LogP contribution in [0.4, 0.5) is 0 Å². The smallest absolute Gasteiger partial charge is 0.261 e. The quantitative estimate of drug-likeness (QED) is 0.896. The molecule has 5 heteroatoms. The van der Waals surface area contributed by atoms with Crippen LogP contribution in [0.1, 0.15) is 18.2 Å². The van der Waals surface area contributed by atoms with Crippen LogP contribution in [0, 0.1) is 0 Å². The summed E-state index contributed by atoms with van der Waals surface area (Å²) < 4.78 is 10.8. The largest absolute Gasteiger partial charge is 0.480 e. The summed E-state index contributed by atoms with van der Waals surface area (Å²) in [5, 5.41) is 13.0. The summed E-state index contributed by atoms with van der Waals surface area (Å²) in [5.41, 5.74) is -0.222. The van der Waals surface area contributed by atoms with E-state index in [9.17, 15) is 9.90 Å². The van der Waals surface area contributed by atoms with Crippen molar-refractivity contribution in [3.63, 3.8) is 0 Å². The number of nitrogens with one attached hydrogen (secondary N) is 1. The van der Waals surface area contributed by atoms with E-state index in [2.05, 4.69) is 5.32 Å². The van der Waals surface area contributed by atoms with Gasteiger partial charge in [-0.05, 0) is 30.7 Å². The van der Waals surface area contributed by atoms with Gasteiger partial charge in [-0.25, -0.2) is 0 Å². The molecule has 0 fully saturated rings. The third-order valence-corrected chi connectivity index (χ3v) is 3.60. The number of benzene rings is 1. The van der Waals surface area contributed by atoms with Crippen molar-refractivity contribution >= 4 is 5.91 Å². The lowest BCUT2D eigenvalue weighted by atomic mass is 10.0. The minimum atomic E-state index is -1.25. The van der Waals surface area contributed by atoms with Crippen LogP contribution in [0.15, 0.2) is 47.1 Å². The van der Waals surface area contributed by atoms with Gasteiger partial charge in [-0.2, -0.15) is 0 Å². The van der Waals surface area contributed by atoms with E-state index >= 15 is 0 Å². The van der Waals surface area contributed by atoms with E-state index in [0.717, 1.165) is 11.3 Å². The zero-order chi connectivity index (χ0) is 14.9. The predicted octanol–water partition coefficient (Wildman–Crippen LogP) is 1.61. The van der Waals surface area contributed by atoms with Crippen molar-refractivity contribution in [2.24, 2.45) is 0 Å². The third-order valence-electron chi connectivity index (χ3n) is 3.60. The summed E-state index contributed by atoms with van der Waals surface area (Å²) in [5.74, 6) is 0.923. The van der Waals surface area contributed by atoms with E-state index in [-0.39, 0.29) is 12.5 Å². The van der Waals surface area contributed by atoms with Gasteiger partial charge in [0, 0.05) is 6.42 Å². The number of rotatable bonds is 4. The molecule has 0 bridgehead atoms. The van der Waals surface area contributed by atoms with E-state index in [0.29, 0.717) is 12.2 Å². The van der Waals surface area contributed by atoms with E-state index in [4.69, 9.17) is 9.15 Å². The van der Waals surface area contributed by atoms with Crippen LogP contribution in [-0.4, -0.2) is 23.7 Å². The monoisotopic (exact) mass is 287 g/mol. The van der Waals surface area contributed by atoms with Gasteiger partial charge in [-0.1, -0.05) is 18.2 Å². The van der Waals surface area contributed by atoms with Gasteiger partial charge in [-0.3, -0.25) is 4.79 Å². The first-order valence-electron chi connectivity index (χ1n) is 6.85. The van der Waals surface area contributed by atoms with Crippen LogP contribution < -0.4 is 10.1 Å². The fourth-order valence-corrected chi connectivity index (χ4v) is 2.37. The molecule has 0 saturated heterocycles. The molecule has 21 heavy (non-hydrogen) atoms. The Labute approximate surface area is 122 Å². The lowest BCUT2D eigenvalue weighted by Crippen LogP contribution is -2.44. The number of para-hydroxylation sites is 1. The first kappa shape index (κ1) is 13.7. The minimum Gasteiger partial charge on any atom is -0.480 e. The number of carbonyl (C=O) groups excluding carboxylic acids is 1. The van der Waals surface area contributed by atoms with Crippen molar-refractivity contribution in [2.75, 3.05) is 6.54 Å². The van der Waals surface area contributed by atoms with Crippen LogP contribution >= 0.6 is 0 Å². The Balaban J connectivity index is 1.59. The molecule has 1 aliphatic heterocycles. The van der Waals surface area contributed by atoms with Crippen molar-refractivity contribution in [1.82, 2.24) is 5.32 Å². The second-order valence-corrected chi connectivity index (χ2v) is 5.39. The Bertz CT molecular complexity index is 608. The highest BCUT2D eigenvalue weighted by atomic mass is 16.5. The lowest BCUT2D eigenvalue weighted by molar-refractivity contribution is -0.128. The Kier molecular flexibility index (Phi) is 3.43. The fraction of sp³-hybridized carbons (Fsp3) is 0.312. The molecule has 0 spiro atoms. The highest BCUT2D eigenvalue weighted by molar-refractivity contribution is 5.82. The zero-order valence-electron chi connectivity index (χ0n) is 11.7. The number of fused-ring (bicyclic) bond motifs is 1. The normalized spacial score (nSPS) is 19.4. The number of hydrogen-bond acceptors (Lipinski definition) is 4. The summed E-state index contributed by atoms with van der Waals surface area (Å²) in [6, 6.07) is 11.0. The van der Waals surface area contributed by atoms with E-state index < -0.39 is 11.7 Å². The maximum Gasteiger partial charge on any atom is 0.261 e. The van der Waals surface area contributed by atoms with Crippen LogP contribution in [0.25, 0.3) is 0 Å². The first-order valence-corrected chi connectivity index (χ1v) is 6.85. The molecule has 0 aliphatic carbocycles. The average Bonchev–Trinajstić information content (AvgIpc) is 3.13. The van der Waals surface area contributed by atoms with Crippen molar-refractivity contribution in [3.8, 4) is 5.75 Å². The van der Waals surface area contributed by atoms with Gasteiger partial charge >= 0.3 is 0 Å². The number of amides is 1. The topological polar surface area (TPSA) is 71.7 Å². The second kappa shape index (κ2) is 5.26. The molecule has 2 N–H and O–H groups in total. The molecule has 1 aromatic carbocycles. The van der Waals surface area contributed by atoms with Crippen LogP contribution in [0.2, 0.25) is 0 Å². The fourth-order valence-electron chi connectivity index (χ4n) is 2.37. The molecule has 2 atom stereocenters. The summed E-state index contributed by atoms with van der Waals surface area (Å²) in [6.45, 7) is 1.66. The van der Waals surface area contributed by atoms with Crippen molar-refractivity contribution in [2.45, 2.75) is 25.0 Å². The van der Waals surface area contributed by atoms with Crippen molar-refractivity contribution < 1.29 is 19.1 Å². The Morgan fingerprint density at radius 3 is 2.90 bits per heavy atom. The van der Waals surface area contributed by atoms with Gasteiger partial charge in [0.15, 0.2) is 6.10 Å². The highest BCUT2D eigenvalue weighted by Crippen LogP contribution is 2.28. The Morgan fingerprint density at radius 2 is 2.19 bits per heavy atom. The minimum absolute atomic E-state index is 0.0650. The van der Waals surface area contributed by atoms with Gasteiger partial charge in [0.25, 0.3) is 5.91 Å². The Hall–Kier alpha value is -2.27. The molecule has 0 saturated carbocycles. The maximum absolute atomic E-state index is 12.2. The van der Waals surface area contributed by atoms with E-state index in [1.807, 2.05) is 24.3 Å². The molecule has 1 aromatic heterocycles. The number of ether oxygens (including phenoxy) is 1. The summed E-state index contributed by atoms with van der Waals surface area (Å²) >= 11 is 0. The SMILES string of the molecule is CC(O)(CNC(=O)C1Cc2ccccc2O1)c1ccco1. The Morgan fingerprint density at radius 1 is 1.38 bits per heavy atom. The van der Waals surface area contributed by atoms with Crippen LogP contribution in [-0.2, 0) is 16.8 Å². The van der Waals surface area contributed by atoms with Gasteiger partial charge < -0.3 is 19.6 Å². The molecule has 1 amide bonds. The molecule has 0 radical (unpaired) electrons. The summed E-state index contributed by atoms with van der Waals surface area (Å²) in [4.78, 5) is 12.2. The molecule has 1 aliphatic rings. The third kappa shape index (κ3) is 2.78. The van der Waals surface area contributed by atoms with E-state index in [1.54, 1.807) is 19.1 Å². The molecule has 2 unspecified atom stereocenters. The average molecular weight is 287 g/mol. The van der Waals surface area contributed by atoms with E-state index in [1.165, 1.54) is 6.26 Å². The number of carbonyl (C=O) groups is 1. The number of hydrogen-bond donors (Lipinski definition) is 2. The van der Waals surface area contributed by atoms with Crippen molar-refractivity contribution in [1.29, 1.82) is 0 Å². The van der Waals surface area contributed by atoms with Crippen LogP contribution in [0.5, 0.6) is 5.75 Å². The zero-order valence-corrected chi connectivity index (χ0v) is 11.7. The van der Waals surface area contributed by atoms with Gasteiger partial charge in [0.2, 0.25) is 0 Å². The second-order valence-electron chi connectivity index (χ2n) is 5.39. The van der Waals surface area contributed by atoms with Crippen LogP contribution in [0.3, 0.4) is 0 Å². The standard InChI is InChI=1S/C16H17NO4/c1-16(19,14-7-4-8-20-14)10-17-15(18)13-9-11-5-2-3-6-12(11)21-13/h2-8,13,19H,9-10H2,1H3,(H,17,18). The molecular weight excluding hydrogens is 270 g/mol. The maximum atomic E-state index is 12.2. The summed E-state index contributed by atoms with van der Waals surface area (Å²) in [6.07, 6.45) is 1.49. The predicted molar refractivity (Wildman–Crippen MR) is 75.9 cm³/mol. The molecule has 2 aromatic rings. The van der Waals surface area contributed by atoms with Gasteiger partial charge in [0.1, 0.15) is 17.1 Å². The molecule has 5 nitrogen and oxygen atoms in total. The summed E-state index contributed by atoms with van der Waals surface area (Å²) in [7, 11) is 0. The molecular formula is C16H17NO4. The van der Waals surface area contributed by atoms with Gasteiger partial charge in [-0.15, -0.1) is 0 Å². The molecule has 3 rings (SSSR count). The van der Waals surface area contributed by atoms with Crippen molar-refractivity contribution in [3.05, 3.63) is 54.0 Å². The molecule has 2 heterocycles. The number of aliphatic hydroxyl groups is 1. The van der Waals surface area contributed by atoms with Gasteiger partial charge in [0.05, 0.1) is 12.8 Å². The molecule has 110 valence electrons. The first-order chi connectivity index (χ1) is 10.1. The lowest BCUT2D eigenvalue weighted by Gasteiger charge is -2.22. The number of furan rings is 1. The highest BCUT2D eigenvalue weighted by Gasteiger charge is 2.32.